The summed E-state index contributed by atoms with van der Waals surface area (Å²) in [5.41, 5.74) is 1.77. The molecule has 0 aromatic rings. The smallest absolute Gasteiger partial charge is 0.389 e. The van der Waals surface area contributed by atoms with Gasteiger partial charge in [-0.15, -0.1) is 6.58 Å². The lowest BCUT2D eigenvalue weighted by molar-refractivity contribution is 0.186. The van der Waals surface area contributed by atoms with Crippen LogP contribution in [0.3, 0.4) is 0 Å². The van der Waals surface area contributed by atoms with Gasteiger partial charge in [-0.05, 0) is 5.70 Å². The molecular weight excluding hydrogens is 146 g/mol. The third-order valence-corrected chi connectivity index (χ3v) is 2.52. The molecule has 4 heteroatoms. The van der Waals surface area contributed by atoms with Crippen molar-refractivity contribution in [2.75, 3.05) is 26.3 Å². The predicted molar refractivity (Wildman–Crippen MR) is 40.7 cm³/mol. The van der Waals surface area contributed by atoms with E-state index in [0.29, 0.717) is 0 Å². The van der Waals surface area contributed by atoms with Crippen LogP contribution in [0.4, 0.5) is 0 Å². The first-order valence-electron chi connectivity index (χ1n) is 3.39. The van der Waals surface area contributed by atoms with Gasteiger partial charge in [-0.1, -0.05) is 0 Å². The minimum atomic E-state index is -1.12. The van der Waals surface area contributed by atoms with E-state index in [4.69, 9.17) is 8.85 Å². The van der Waals surface area contributed by atoms with Gasteiger partial charge in [0.25, 0.3) is 0 Å². The Labute approximate surface area is 62.9 Å². The molecular formula is C6H12NO2Si. The van der Waals surface area contributed by atoms with E-state index in [1.807, 2.05) is 0 Å². The molecule has 0 aromatic heterocycles. The largest absolute Gasteiger partial charge is 0.415 e. The van der Waals surface area contributed by atoms with Gasteiger partial charge in [-0.25, -0.2) is 0 Å². The summed E-state index contributed by atoms with van der Waals surface area (Å²) in [5, 5.41) is 3.16. The summed E-state index contributed by atoms with van der Waals surface area (Å²) in [5.74, 6) is 0. The monoisotopic (exact) mass is 158 g/mol. The molecule has 1 rings (SSSR count). The molecule has 0 unspecified atom stereocenters. The zero-order valence-electron chi connectivity index (χ0n) is 5.93. The van der Waals surface area contributed by atoms with Crippen molar-refractivity contribution in [2.24, 2.45) is 0 Å². The van der Waals surface area contributed by atoms with E-state index in [1.54, 1.807) is 5.70 Å². The predicted octanol–water partition coefficient (Wildman–Crippen LogP) is -0.164. The molecule has 0 saturated carbocycles. The molecule has 1 N–H and O–H groups in total. The average Bonchev–Trinajstić information content (AvgIpc) is 1.87. The van der Waals surface area contributed by atoms with Crippen molar-refractivity contribution in [1.29, 1.82) is 0 Å². The fourth-order valence-corrected chi connectivity index (χ4v) is 1.66. The molecule has 1 heterocycles. The van der Waals surface area contributed by atoms with Crippen LogP contribution in [0.25, 0.3) is 0 Å². The lowest BCUT2D eigenvalue weighted by atomic mass is 10.6. The van der Waals surface area contributed by atoms with Gasteiger partial charge in [0.05, 0.1) is 0 Å². The van der Waals surface area contributed by atoms with Gasteiger partial charge in [0.2, 0.25) is 0 Å². The first-order valence-corrected chi connectivity index (χ1v) is 4.78. The minimum Gasteiger partial charge on any atom is -0.389 e. The van der Waals surface area contributed by atoms with E-state index in [0.717, 1.165) is 26.3 Å². The molecule has 0 atom stereocenters. The van der Waals surface area contributed by atoms with E-state index < -0.39 is 9.28 Å². The number of hydrogen-bond donors (Lipinski definition) is 1. The van der Waals surface area contributed by atoms with E-state index in [-0.39, 0.29) is 0 Å². The fourth-order valence-electron chi connectivity index (χ4n) is 0.732. The van der Waals surface area contributed by atoms with Crippen LogP contribution in [0.5, 0.6) is 0 Å². The minimum absolute atomic E-state index is 0.736. The molecule has 10 heavy (non-hydrogen) atoms. The highest BCUT2D eigenvalue weighted by molar-refractivity contribution is 6.50. The van der Waals surface area contributed by atoms with Crippen LogP contribution in [0.15, 0.2) is 12.3 Å². The van der Waals surface area contributed by atoms with Crippen molar-refractivity contribution >= 4 is 9.28 Å². The molecule has 3 nitrogen and oxygen atoms in total. The van der Waals surface area contributed by atoms with Gasteiger partial charge in [-0.3, -0.25) is 0 Å². The number of rotatable bonds is 1. The first-order chi connectivity index (χ1) is 4.93. The summed E-state index contributed by atoms with van der Waals surface area (Å²) >= 11 is 0. The Bertz CT molecular complexity index is 102. The van der Waals surface area contributed by atoms with Crippen molar-refractivity contribution in [2.45, 2.75) is 0 Å². The van der Waals surface area contributed by atoms with Gasteiger partial charge in [0.15, 0.2) is 0 Å². The molecule has 1 aliphatic heterocycles. The van der Waals surface area contributed by atoms with E-state index in [1.165, 1.54) is 0 Å². The second-order valence-electron chi connectivity index (χ2n) is 1.97. The Morgan fingerprint density at radius 2 is 1.90 bits per heavy atom. The summed E-state index contributed by atoms with van der Waals surface area (Å²) in [7, 11) is -1.12. The Hall–Kier alpha value is -0.163. The van der Waals surface area contributed by atoms with Gasteiger partial charge >= 0.3 is 9.28 Å². The normalized spacial score (nSPS) is 23.2. The highest BCUT2D eigenvalue weighted by atomic mass is 28.3. The molecule has 57 valence electrons. The number of nitrogens with one attached hydrogen (secondary N) is 1. The van der Waals surface area contributed by atoms with Crippen LogP contribution in [0.1, 0.15) is 0 Å². The highest BCUT2D eigenvalue weighted by Crippen LogP contribution is 1.91. The average molecular weight is 158 g/mol. The van der Waals surface area contributed by atoms with Gasteiger partial charge < -0.3 is 14.2 Å². The summed E-state index contributed by atoms with van der Waals surface area (Å²) in [6.45, 7) is 6.95. The van der Waals surface area contributed by atoms with Crippen LogP contribution < -0.4 is 5.32 Å². The Morgan fingerprint density at radius 1 is 1.30 bits per heavy atom. The van der Waals surface area contributed by atoms with Crippen LogP contribution in [0.2, 0.25) is 0 Å². The summed E-state index contributed by atoms with van der Waals surface area (Å²) in [4.78, 5) is 0. The van der Waals surface area contributed by atoms with Gasteiger partial charge in [-0.2, -0.15) is 0 Å². The van der Waals surface area contributed by atoms with Crippen molar-refractivity contribution < 1.29 is 8.85 Å². The van der Waals surface area contributed by atoms with Crippen LogP contribution in [-0.4, -0.2) is 35.6 Å². The Morgan fingerprint density at radius 3 is 2.40 bits per heavy atom. The standard InChI is InChI=1S/C6H12NO2Si/c1-2-10-8-5-3-7-4-6-9-10/h2,7H,1,3-6H2. The first kappa shape index (κ1) is 7.94. The van der Waals surface area contributed by atoms with Crippen LogP contribution in [-0.2, 0) is 8.85 Å². The number of hydrogen-bond acceptors (Lipinski definition) is 3. The van der Waals surface area contributed by atoms with E-state index in [9.17, 15) is 0 Å². The van der Waals surface area contributed by atoms with Gasteiger partial charge in [0.1, 0.15) is 0 Å². The van der Waals surface area contributed by atoms with Crippen LogP contribution >= 0.6 is 0 Å². The maximum Gasteiger partial charge on any atom is 0.415 e. The van der Waals surface area contributed by atoms with Crippen molar-refractivity contribution in [1.82, 2.24) is 5.32 Å². The molecule has 1 fully saturated rings. The molecule has 1 radical (unpaired) electrons. The van der Waals surface area contributed by atoms with Crippen molar-refractivity contribution in [3.8, 4) is 0 Å². The summed E-state index contributed by atoms with van der Waals surface area (Å²) in [6.07, 6.45) is 0. The molecule has 0 amide bonds. The zero-order valence-corrected chi connectivity index (χ0v) is 6.93. The third-order valence-electron chi connectivity index (χ3n) is 1.21. The molecule has 0 aliphatic carbocycles. The van der Waals surface area contributed by atoms with Crippen molar-refractivity contribution in [3.05, 3.63) is 12.3 Å². The lowest BCUT2D eigenvalue weighted by Gasteiger charge is -2.15. The molecule has 1 saturated heterocycles. The Balaban J connectivity index is 2.22. The second kappa shape index (κ2) is 4.62. The fraction of sp³-hybridized carbons (Fsp3) is 0.667. The molecule has 0 spiro atoms. The lowest BCUT2D eigenvalue weighted by Crippen LogP contribution is -2.34. The molecule has 0 bridgehead atoms. The van der Waals surface area contributed by atoms with Crippen molar-refractivity contribution in [3.63, 3.8) is 0 Å². The SMILES string of the molecule is C=C[Si]1OCCNCCO1. The van der Waals surface area contributed by atoms with E-state index in [2.05, 4.69) is 11.9 Å². The quantitative estimate of drug-likeness (QED) is 0.538. The zero-order chi connectivity index (χ0) is 7.23. The maximum absolute atomic E-state index is 5.33. The maximum atomic E-state index is 5.33. The topological polar surface area (TPSA) is 30.5 Å². The molecule has 0 aromatic carbocycles. The summed E-state index contributed by atoms with van der Waals surface area (Å²) < 4.78 is 10.7. The second-order valence-corrected chi connectivity index (χ2v) is 3.59. The summed E-state index contributed by atoms with van der Waals surface area (Å²) in [6, 6.07) is 0. The highest BCUT2D eigenvalue weighted by Gasteiger charge is 2.11. The van der Waals surface area contributed by atoms with E-state index >= 15 is 0 Å². The van der Waals surface area contributed by atoms with Gasteiger partial charge in [0, 0.05) is 26.3 Å². The van der Waals surface area contributed by atoms with Crippen LogP contribution in [0, 0.1) is 0 Å². The Kier molecular flexibility index (Phi) is 3.67. The third kappa shape index (κ3) is 2.61. The molecule has 1 aliphatic rings.